The number of hydrogen-bond donors (Lipinski definition) is 6. The number of ketones is 2. The third-order valence-electron chi connectivity index (χ3n) is 1.32. The molecule has 6 N–H and O–H groups in total. The van der Waals surface area contributed by atoms with Crippen molar-refractivity contribution in [3.63, 3.8) is 0 Å². The summed E-state index contributed by atoms with van der Waals surface area (Å²) in [6.07, 6.45) is -2.46. The molecule has 0 spiro atoms. The summed E-state index contributed by atoms with van der Waals surface area (Å²) in [4.78, 5) is 56.7. The maximum Gasteiger partial charge on any atom is 0.371 e. The first kappa shape index (κ1) is 29.2. The van der Waals surface area contributed by atoms with Gasteiger partial charge in [0.1, 0.15) is 12.2 Å². The Hall–Kier alpha value is -2.86. The molecule has 0 aromatic rings. The summed E-state index contributed by atoms with van der Waals surface area (Å²) in [5.74, 6) is -6.78. The monoisotopic (exact) mass is 356 g/mol. The zero-order chi connectivity index (χ0) is 20.6. The molecule has 2 unspecified atom stereocenters. The lowest BCUT2D eigenvalue weighted by Gasteiger charge is -1.89. The third-order valence-corrected chi connectivity index (χ3v) is 1.32. The van der Waals surface area contributed by atoms with Crippen molar-refractivity contribution < 1.29 is 59.4 Å². The molecule has 0 aromatic heterocycles. The molecule has 140 valence electrons. The van der Waals surface area contributed by atoms with Gasteiger partial charge in [0.2, 0.25) is 11.6 Å². The first-order valence-corrected chi connectivity index (χ1v) is 5.87. The Morgan fingerprint density at radius 1 is 0.583 bits per heavy atom. The van der Waals surface area contributed by atoms with Crippen molar-refractivity contribution >= 4 is 35.4 Å². The van der Waals surface area contributed by atoms with Gasteiger partial charge in [0, 0.05) is 13.8 Å². The van der Waals surface area contributed by atoms with Crippen LogP contribution in [0.5, 0.6) is 0 Å². The number of aliphatic carboxylic acids is 4. The van der Waals surface area contributed by atoms with Crippen LogP contribution in [-0.2, 0) is 28.8 Å². The maximum atomic E-state index is 9.54. The summed E-state index contributed by atoms with van der Waals surface area (Å²) in [6.45, 7) is 4.40. The van der Waals surface area contributed by atoms with Crippen LogP contribution in [0.3, 0.4) is 0 Å². The van der Waals surface area contributed by atoms with Gasteiger partial charge in [-0.05, 0) is 13.8 Å². The van der Waals surface area contributed by atoms with Gasteiger partial charge in [-0.15, -0.1) is 0 Å². The fraction of sp³-hybridized carbons (Fsp3) is 0.500. The van der Waals surface area contributed by atoms with Gasteiger partial charge in [0.05, 0.1) is 0 Å². The number of carboxylic acids is 4. The number of carbonyl (C=O) groups excluding carboxylic acids is 2. The molecule has 0 aliphatic rings. The van der Waals surface area contributed by atoms with Crippen LogP contribution in [-0.4, -0.2) is 78.3 Å². The molecule has 0 amide bonds. The Kier molecular flexibility index (Phi) is 20.1. The van der Waals surface area contributed by atoms with Crippen LogP contribution in [0.2, 0.25) is 0 Å². The van der Waals surface area contributed by atoms with E-state index in [-0.39, 0.29) is 0 Å². The molecule has 24 heavy (non-hydrogen) atoms. The van der Waals surface area contributed by atoms with Gasteiger partial charge in [-0.3, -0.25) is 9.59 Å². The number of carbonyl (C=O) groups is 6. The van der Waals surface area contributed by atoms with Crippen LogP contribution >= 0.6 is 0 Å². The van der Waals surface area contributed by atoms with E-state index in [1.807, 2.05) is 0 Å². The lowest BCUT2D eigenvalue weighted by atomic mass is 10.4. The van der Waals surface area contributed by atoms with E-state index < -0.39 is 47.7 Å². The summed E-state index contributed by atoms with van der Waals surface area (Å²) in [5.41, 5.74) is 0. The quantitative estimate of drug-likeness (QED) is 0.307. The summed E-state index contributed by atoms with van der Waals surface area (Å²) >= 11 is 0. The van der Waals surface area contributed by atoms with Gasteiger partial charge in [-0.1, -0.05) is 0 Å². The van der Waals surface area contributed by atoms with E-state index in [9.17, 15) is 28.8 Å². The predicted molar refractivity (Wildman–Crippen MR) is 75.3 cm³/mol. The van der Waals surface area contributed by atoms with Gasteiger partial charge in [0.25, 0.3) is 0 Å². The molecule has 0 aromatic carbocycles. The second kappa shape index (κ2) is 16.5. The van der Waals surface area contributed by atoms with E-state index in [1.54, 1.807) is 0 Å². The molecule has 0 fully saturated rings. The maximum absolute atomic E-state index is 9.54. The minimum Gasteiger partial charge on any atom is -0.479 e. The van der Waals surface area contributed by atoms with E-state index in [4.69, 9.17) is 30.6 Å². The molecular weight excluding hydrogens is 336 g/mol. The number of rotatable bonds is 4. The highest BCUT2D eigenvalue weighted by molar-refractivity contribution is 6.31. The van der Waals surface area contributed by atoms with E-state index in [2.05, 4.69) is 0 Å². The molecule has 0 heterocycles. The van der Waals surface area contributed by atoms with E-state index >= 15 is 0 Å². The van der Waals surface area contributed by atoms with Gasteiger partial charge >= 0.3 is 23.9 Å². The minimum absolute atomic E-state index is 0.824. The van der Waals surface area contributed by atoms with Crippen molar-refractivity contribution in [1.82, 2.24) is 0 Å². The third kappa shape index (κ3) is 36.5. The standard InChI is InChI=1S/2C3H6O3.2C3H4O3/c4*1-2(4)3(5)6/h2*2,4H,1H3,(H,5,6);2*1H3,(H,5,6). The van der Waals surface area contributed by atoms with E-state index in [0.29, 0.717) is 0 Å². The largest absolute Gasteiger partial charge is 0.479 e. The predicted octanol–water partition coefficient (Wildman–Crippen LogP) is -1.78. The highest BCUT2D eigenvalue weighted by Gasteiger charge is 2.02. The highest BCUT2D eigenvalue weighted by Crippen LogP contribution is 1.74. The lowest BCUT2D eigenvalue weighted by Crippen LogP contribution is -2.13. The second-order valence-corrected chi connectivity index (χ2v) is 3.75. The average molecular weight is 356 g/mol. The average Bonchev–Trinajstić information content (AvgIpc) is 2.40. The molecule has 0 rings (SSSR count). The zero-order valence-corrected chi connectivity index (χ0v) is 13.3. The fourth-order valence-corrected chi connectivity index (χ4v) is 0. The first-order chi connectivity index (χ1) is 10.6. The summed E-state index contributed by atoms with van der Waals surface area (Å²) in [6, 6.07) is 0. The van der Waals surface area contributed by atoms with Crippen LogP contribution in [0, 0.1) is 0 Å². The van der Waals surface area contributed by atoms with Crippen LogP contribution in [0.4, 0.5) is 0 Å². The SMILES string of the molecule is CC(=O)C(=O)O.CC(=O)C(=O)O.CC(O)C(=O)O.CC(O)C(=O)O. The van der Waals surface area contributed by atoms with Crippen molar-refractivity contribution in [2.45, 2.75) is 39.9 Å². The number of aliphatic hydroxyl groups excluding tert-OH is 2. The molecule has 0 bridgehead atoms. The fourth-order valence-electron chi connectivity index (χ4n) is 0. The number of carboxylic acid groups (broad SMARTS) is 4. The van der Waals surface area contributed by atoms with Crippen LogP contribution in [0.1, 0.15) is 27.7 Å². The minimum atomic E-state index is -1.38. The Morgan fingerprint density at radius 2 is 0.667 bits per heavy atom. The number of aliphatic hydroxyl groups is 2. The van der Waals surface area contributed by atoms with Gasteiger partial charge < -0.3 is 30.6 Å². The Labute approximate surface area is 136 Å². The molecule has 12 heteroatoms. The van der Waals surface area contributed by atoms with Crippen molar-refractivity contribution in [2.24, 2.45) is 0 Å². The molecule has 2 atom stereocenters. The van der Waals surface area contributed by atoms with Crippen LogP contribution in [0.15, 0.2) is 0 Å². The molecule has 0 saturated carbocycles. The zero-order valence-electron chi connectivity index (χ0n) is 13.3. The number of hydrogen-bond acceptors (Lipinski definition) is 8. The topological polar surface area (TPSA) is 224 Å². The van der Waals surface area contributed by atoms with Gasteiger partial charge in [0.15, 0.2) is 0 Å². The normalized spacial score (nSPS) is 10.6. The Balaban J connectivity index is -0.000000111. The smallest absolute Gasteiger partial charge is 0.371 e. The van der Waals surface area contributed by atoms with Crippen molar-refractivity contribution in [3.8, 4) is 0 Å². The van der Waals surface area contributed by atoms with Crippen molar-refractivity contribution in [3.05, 3.63) is 0 Å². The lowest BCUT2D eigenvalue weighted by molar-refractivity contribution is -0.148. The molecule has 12 nitrogen and oxygen atoms in total. The van der Waals surface area contributed by atoms with Crippen LogP contribution in [0.25, 0.3) is 0 Å². The van der Waals surface area contributed by atoms with Gasteiger partial charge in [-0.2, -0.15) is 0 Å². The Bertz CT molecular complexity index is 383. The van der Waals surface area contributed by atoms with Gasteiger partial charge in [-0.25, -0.2) is 19.2 Å². The molecular formula is C12H20O12. The van der Waals surface area contributed by atoms with Crippen LogP contribution < -0.4 is 0 Å². The molecule has 0 aliphatic carbocycles. The van der Waals surface area contributed by atoms with Crippen molar-refractivity contribution in [2.75, 3.05) is 0 Å². The van der Waals surface area contributed by atoms with Crippen molar-refractivity contribution in [1.29, 1.82) is 0 Å². The molecule has 0 saturated heterocycles. The van der Waals surface area contributed by atoms with E-state index in [0.717, 1.165) is 13.8 Å². The summed E-state index contributed by atoms with van der Waals surface area (Å²) in [7, 11) is 0. The summed E-state index contributed by atoms with van der Waals surface area (Å²) < 4.78 is 0. The number of Topliss-reactive ketones (excluding diaryl/α,β-unsaturated/α-hetero) is 2. The first-order valence-electron chi connectivity index (χ1n) is 5.87. The summed E-state index contributed by atoms with van der Waals surface area (Å²) in [5, 5.41) is 46.8. The Morgan fingerprint density at radius 3 is 0.667 bits per heavy atom. The second-order valence-electron chi connectivity index (χ2n) is 3.75. The van der Waals surface area contributed by atoms with E-state index in [1.165, 1.54) is 13.8 Å². The molecule has 0 aliphatic heterocycles. The molecule has 0 radical (unpaired) electrons. The highest BCUT2D eigenvalue weighted by atomic mass is 16.4.